The third-order valence-electron chi connectivity index (χ3n) is 1.39. The molecule has 0 N–H and O–H groups in total. The van der Waals surface area contributed by atoms with Gasteiger partial charge in [-0.25, -0.2) is 0 Å². The SMILES string of the molecule is CCC(=O)C(C)C(=O)OC. The van der Waals surface area contributed by atoms with Crippen LogP contribution in [-0.4, -0.2) is 18.9 Å². The Labute approximate surface area is 60.4 Å². The maximum absolute atomic E-state index is 10.8. The second-order valence-corrected chi connectivity index (χ2v) is 2.06. The molecule has 1 unspecified atom stereocenters. The van der Waals surface area contributed by atoms with Crippen molar-refractivity contribution in [2.45, 2.75) is 20.3 Å². The third-order valence-corrected chi connectivity index (χ3v) is 1.39. The lowest BCUT2D eigenvalue weighted by Gasteiger charge is -2.04. The molecule has 0 aromatic heterocycles. The van der Waals surface area contributed by atoms with Crippen molar-refractivity contribution in [1.29, 1.82) is 0 Å². The van der Waals surface area contributed by atoms with E-state index in [4.69, 9.17) is 0 Å². The zero-order valence-electron chi connectivity index (χ0n) is 6.51. The highest BCUT2D eigenvalue weighted by molar-refractivity contribution is 5.98. The van der Waals surface area contributed by atoms with Crippen LogP contribution < -0.4 is 0 Å². The number of ether oxygens (including phenoxy) is 1. The Morgan fingerprint density at radius 1 is 1.50 bits per heavy atom. The van der Waals surface area contributed by atoms with Gasteiger partial charge in [-0.1, -0.05) is 6.92 Å². The summed E-state index contributed by atoms with van der Waals surface area (Å²) in [7, 11) is 1.28. The van der Waals surface area contributed by atoms with Gasteiger partial charge in [0.25, 0.3) is 0 Å². The van der Waals surface area contributed by atoms with Gasteiger partial charge in [0, 0.05) is 6.42 Å². The number of rotatable bonds is 3. The van der Waals surface area contributed by atoms with Crippen LogP contribution in [0.5, 0.6) is 0 Å². The van der Waals surface area contributed by atoms with Crippen molar-refractivity contribution in [2.75, 3.05) is 7.11 Å². The third kappa shape index (κ3) is 2.17. The Morgan fingerprint density at radius 2 is 2.00 bits per heavy atom. The molecule has 10 heavy (non-hydrogen) atoms. The molecule has 3 nitrogen and oxygen atoms in total. The van der Waals surface area contributed by atoms with Gasteiger partial charge in [-0.2, -0.15) is 0 Å². The van der Waals surface area contributed by atoms with Crippen molar-refractivity contribution in [2.24, 2.45) is 5.92 Å². The first-order chi connectivity index (χ1) is 4.63. The molecule has 0 aromatic carbocycles. The van der Waals surface area contributed by atoms with Crippen LogP contribution in [0.1, 0.15) is 20.3 Å². The van der Waals surface area contributed by atoms with E-state index in [1.54, 1.807) is 13.8 Å². The first-order valence-electron chi connectivity index (χ1n) is 3.24. The van der Waals surface area contributed by atoms with Gasteiger partial charge in [-0.05, 0) is 6.92 Å². The highest BCUT2D eigenvalue weighted by Crippen LogP contribution is 2.01. The molecule has 0 aliphatic heterocycles. The summed E-state index contributed by atoms with van der Waals surface area (Å²) >= 11 is 0. The Balaban J connectivity index is 3.94. The van der Waals surface area contributed by atoms with Crippen molar-refractivity contribution in [3.63, 3.8) is 0 Å². The summed E-state index contributed by atoms with van der Waals surface area (Å²) in [5.41, 5.74) is 0. The molecule has 0 spiro atoms. The molecule has 0 aliphatic carbocycles. The Hall–Kier alpha value is -0.860. The fraction of sp³-hybridized carbons (Fsp3) is 0.714. The maximum Gasteiger partial charge on any atom is 0.315 e. The Bertz CT molecular complexity index is 124. The molecule has 0 bridgehead atoms. The minimum absolute atomic E-state index is 0.0770. The number of hydrogen-bond acceptors (Lipinski definition) is 3. The lowest BCUT2D eigenvalue weighted by Crippen LogP contribution is -2.21. The minimum Gasteiger partial charge on any atom is -0.468 e. The molecule has 0 fully saturated rings. The van der Waals surface area contributed by atoms with Gasteiger partial charge < -0.3 is 4.74 Å². The number of carbonyl (C=O) groups is 2. The molecular weight excluding hydrogens is 132 g/mol. The van der Waals surface area contributed by atoms with Gasteiger partial charge >= 0.3 is 5.97 Å². The number of ketones is 1. The summed E-state index contributed by atoms with van der Waals surface area (Å²) in [4.78, 5) is 21.5. The molecule has 0 saturated heterocycles. The van der Waals surface area contributed by atoms with E-state index in [1.807, 2.05) is 0 Å². The van der Waals surface area contributed by atoms with Crippen molar-refractivity contribution in [1.82, 2.24) is 0 Å². The number of methoxy groups -OCH3 is 1. The number of esters is 1. The lowest BCUT2D eigenvalue weighted by atomic mass is 10.1. The average Bonchev–Trinajstić information content (AvgIpc) is 2.00. The van der Waals surface area contributed by atoms with Crippen molar-refractivity contribution in [3.05, 3.63) is 0 Å². The van der Waals surface area contributed by atoms with Crippen LogP contribution in [0, 0.1) is 5.92 Å². The van der Waals surface area contributed by atoms with E-state index in [1.165, 1.54) is 7.11 Å². The largest absolute Gasteiger partial charge is 0.468 e. The van der Waals surface area contributed by atoms with Crippen LogP contribution in [-0.2, 0) is 14.3 Å². The van der Waals surface area contributed by atoms with Crippen LogP contribution in [0.25, 0.3) is 0 Å². The van der Waals surface area contributed by atoms with Crippen LogP contribution in [0.4, 0.5) is 0 Å². The van der Waals surface area contributed by atoms with Gasteiger partial charge in [-0.3, -0.25) is 9.59 Å². The van der Waals surface area contributed by atoms with Crippen molar-refractivity contribution >= 4 is 11.8 Å². The summed E-state index contributed by atoms with van der Waals surface area (Å²) in [6, 6.07) is 0. The second-order valence-electron chi connectivity index (χ2n) is 2.06. The minimum atomic E-state index is -0.602. The molecule has 1 atom stereocenters. The normalized spacial score (nSPS) is 12.3. The van der Waals surface area contributed by atoms with E-state index in [9.17, 15) is 9.59 Å². The van der Waals surface area contributed by atoms with Gasteiger partial charge in [0.2, 0.25) is 0 Å². The zero-order valence-corrected chi connectivity index (χ0v) is 6.51. The summed E-state index contributed by atoms with van der Waals surface area (Å²) in [5.74, 6) is -1.13. The van der Waals surface area contributed by atoms with E-state index < -0.39 is 11.9 Å². The standard InChI is InChI=1S/C7H12O3/c1-4-6(8)5(2)7(9)10-3/h5H,4H2,1-3H3. The van der Waals surface area contributed by atoms with Crippen LogP contribution in [0.15, 0.2) is 0 Å². The predicted octanol–water partition coefficient (Wildman–Crippen LogP) is 0.775. The summed E-state index contributed by atoms with van der Waals surface area (Å²) in [5, 5.41) is 0. The lowest BCUT2D eigenvalue weighted by molar-refractivity contribution is -0.148. The van der Waals surface area contributed by atoms with Gasteiger partial charge in [-0.15, -0.1) is 0 Å². The van der Waals surface area contributed by atoms with E-state index in [0.717, 1.165) is 0 Å². The van der Waals surface area contributed by atoms with Gasteiger partial charge in [0.05, 0.1) is 7.11 Å². The molecule has 0 aliphatic rings. The van der Waals surface area contributed by atoms with Crippen LogP contribution in [0.3, 0.4) is 0 Å². The molecule has 0 aromatic rings. The first-order valence-corrected chi connectivity index (χ1v) is 3.24. The van der Waals surface area contributed by atoms with Crippen LogP contribution >= 0.6 is 0 Å². The smallest absolute Gasteiger partial charge is 0.315 e. The quantitative estimate of drug-likeness (QED) is 0.434. The molecule has 0 heterocycles. The summed E-state index contributed by atoms with van der Waals surface area (Å²) in [6.45, 7) is 3.28. The average molecular weight is 144 g/mol. The first kappa shape index (κ1) is 9.14. The molecule has 58 valence electrons. The molecule has 0 amide bonds. The summed E-state index contributed by atoms with van der Waals surface area (Å²) in [6.07, 6.45) is 0.385. The Morgan fingerprint density at radius 3 is 2.30 bits per heavy atom. The Kier molecular flexibility index (Phi) is 3.69. The highest BCUT2D eigenvalue weighted by atomic mass is 16.5. The van der Waals surface area contributed by atoms with E-state index in [0.29, 0.717) is 6.42 Å². The highest BCUT2D eigenvalue weighted by Gasteiger charge is 2.19. The predicted molar refractivity (Wildman–Crippen MR) is 36.5 cm³/mol. The van der Waals surface area contributed by atoms with E-state index in [-0.39, 0.29) is 5.78 Å². The maximum atomic E-state index is 10.8. The monoisotopic (exact) mass is 144 g/mol. The van der Waals surface area contributed by atoms with E-state index in [2.05, 4.69) is 4.74 Å². The zero-order chi connectivity index (χ0) is 8.15. The molecular formula is C7H12O3. The number of hydrogen-bond donors (Lipinski definition) is 0. The molecule has 0 rings (SSSR count). The van der Waals surface area contributed by atoms with Gasteiger partial charge in [0.1, 0.15) is 11.7 Å². The summed E-state index contributed by atoms with van der Waals surface area (Å²) < 4.78 is 4.38. The number of carbonyl (C=O) groups excluding carboxylic acids is 2. The number of Topliss-reactive ketones (excluding diaryl/α,β-unsaturated/α-hetero) is 1. The second kappa shape index (κ2) is 4.04. The molecule has 0 radical (unpaired) electrons. The molecule has 0 saturated carbocycles. The van der Waals surface area contributed by atoms with Crippen molar-refractivity contribution in [3.8, 4) is 0 Å². The van der Waals surface area contributed by atoms with Crippen molar-refractivity contribution < 1.29 is 14.3 Å². The molecule has 3 heteroatoms. The fourth-order valence-electron chi connectivity index (χ4n) is 0.614. The van der Waals surface area contributed by atoms with Gasteiger partial charge in [0.15, 0.2) is 0 Å². The van der Waals surface area contributed by atoms with Crippen LogP contribution in [0.2, 0.25) is 0 Å². The van der Waals surface area contributed by atoms with E-state index >= 15 is 0 Å². The topological polar surface area (TPSA) is 43.4 Å². The fourth-order valence-corrected chi connectivity index (χ4v) is 0.614.